The molecule has 4 aliphatic heterocycles. The highest BCUT2D eigenvalue weighted by molar-refractivity contribution is 8.04. The number of hydrogen-bond acceptors (Lipinski definition) is 7. The van der Waals surface area contributed by atoms with Crippen molar-refractivity contribution in [1.82, 2.24) is 21.3 Å². The number of piperidine rings is 1. The Bertz CT molecular complexity index is 1230. The summed E-state index contributed by atoms with van der Waals surface area (Å²) >= 11 is 1.49. The molecular weight excluding hydrogens is 530 g/mol. The first-order valence-electron chi connectivity index (χ1n) is 14.3. The monoisotopic (exact) mass is 567 g/mol. The van der Waals surface area contributed by atoms with Gasteiger partial charge in [0.05, 0.1) is 29.5 Å². The molecule has 3 unspecified atom stereocenters. The number of amides is 4. The van der Waals surface area contributed by atoms with Gasteiger partial charge in [-0.25, -0.2) is 4.79 Å². The van der Waals surface area contributed by atoms with Crippen LogP contribution in [0.4, 0.5) is 10.5 Å². The predicted molar refractivity (Wildman–Crippen MR) is 153 cm³/mol. The standard InChI is InChI=1S/C29H37N5O5S/c1-3-23(35)31-19-5-4-6-20(19)32-27(36)26-25-24-22(9-12-30-28(24)40-26)34(29(37)33-25)21-8-7-18(15-16(21)2)39-17-10-13-38-14-11-17/h3,7-8,15,17,19-20,22,24,28,30H,1,4-6,9-14H2,2H3,(H,31,35)(H,32,36)(H,33,37)/t19-,20+,22?,24?,28?/m0/s1. The Morgan fingerprint density at radius 2 is 1.93 bits per heavy atom. The second-order valence-electron chi connectivity index (χ2n) is 11.1. The second-order valence-corrected chi connectivity index (χ2v) is 12.3. The Labute approximate surface area is 238 Å². The predicted octanol–water partition coefficient (Wildman–Crippen LogP) is 2.68. The van der Waals surface area contributed by atoms with Gasteiger partial charge in [-0.1, -0.05) is 18.3 Å². The number of anilines is 1. The van der Waals surface area contributed by atoms with Crippen LogP contribution in [0, 0.1) is 12.8 Å². The van der Waals surface area contributed by atoms with Crippen molar-refractivity contribution < 1.29 is 23.9 Å². The van der Waals surface area contributed by atoms with Crippen molar-refractivity contribution in [1.29, 1.82) is 0 Å². The second kappa shape index (κ2) is 11.5. The Hall–Kier alpha value is -3.02. The van der Waals surface area contributed by atoms with E-state index in [1.54, 1.807) is 0 Å². The molecule has 5 atom stereocenters. The highest BCUT2D eigenvalue weighted by Gasteiger charge is 2.52. The molecule has 4 amide bonds. The third kappa shape index (κ3) is 5.22. The minimum atomic E-state index is -0.236. The smallest absolute Gasteiger partial charge is 0.326 e. The van der Waals surface area contributed by atoms with Crippen LogP contribution in [0.25, 0.3) is 0 Å². The topological polar surface area (TPSA) is 121 Å². The van der Waals surface area contributed by atoms with E-state index in [0.717, 1.165) is 75.3 Å². The molecule has 6 rings (SSSR count). The van der Waals surface area contributed by atoms with Crippen molar-refractivity contribution in [3.63, 3.8) is 0 Å². The van der Waals surface area contributed by atoms with Gasteiger partial charge in [-0.15, -0.1) is 0 Å². The molecule has 4 fully saturated rings. The Morgan fingerprint density at radius 1 is 1.15 bits per heavy atom. The van der Waals surface area contributed by atoms with Gasteiger partial charge in [-0.2, -0.15) is 0 Å². The van der Waals surface area contributed by atoms with E-state index < -0.39 is 0 Å². The van der Waals surface area contributed by atoms with Crippen LogP contribution in [-0.2, 0) is 14.3 Å². The summed E-state index contributed by atoms with van der Waals surface area (Å²) in [6.45, 7) is 7.72. The van der Waals surface area contributed by atoms with Crippen molar-refractivity contribution >= 4 is 35.3 Å². The third-order valence-electron chi connectivity index (χ3n) is 8.59. The van der Waals surface area contributed by atoms with E-state index in [1.807, 2.05) is 30.0 Å². The first kappa shape index (κ1) is 27.2. The van der Waals surface area contributed by atoms with Crippen molar-refractivity contribution in [2.45, 2.75) is 75.1 Å². The van der Waals surface area contributed by atoms with Crippen LogP contribution >= 0.6 is 11.8 Å². The van der Waals surface area contributed by atoms with Gasteiger partial charge >= 0.3 is 6.03 Å². The fourth-order valence-electron chi connectivity index (χ4n) is 6.64. The van der Waals surface area contributed by atoms with Crippen molar-refractivity contribution in [2.75, 3.05) is 24.7 Å². The molecule has 1 aromatic rings. The summed E-state index contributed by atoms with van der Waals surface area (Å²) in [6.07, 6.45) is 6.46. The normalized spacial score (nSPS) is 30.0. The van der Waals surface area contributed by atoms with E-state index in [1.165, 1.54) is 17.8 Å². The van der Waals surface area contributed by atoms with Gasteiger partial charge in [0.25, 0.3) is 5.91 Å². The average Bonchev–Trinajstić information content (AvgIpc) is 3.55. The number of carbonyl (C=O) groups is 3. The first-order chi connectivity index (χ1) is 19.4. The maximum Gasteiger partial charge on any atom is 0.326 e. The van der Waals surface area contributed by atoms with Gasteiger partial charge in [0.2, 0.25) is 5.91 Å². The number of ether oxygens (including phenoxy) is 2. The third-order valence-corrected chi connectivity index (χ3v) is 9.95. The molecule has 0 bridgehead atoms. The molecule has 0 spiro atoms. The summed E-state index contributed by atoms with van der Waals surface area (Å²) in [5.41, 5.74) is 2.53. The van der Waals surface area contributed by atoms with E-state index in [4.69, 9.17) is 9.47 Å². The van der Waals surface area contributed by atoms with Crippen LogP contribution in [0.3, 0.4) is 0 Å². The fourth-order valence-corrected chi connectivity index (χ4v) is 8.04. The number of carbonyl (C=O) groups excluding carboxylic acids is 3. The van der Waals surface area contributed by atoms with E-state index in [9.17, 15) is 14.4 Å². The summed E-state index contributed by atoms with van der Waals surface area (Å²) < 4.78 is 11.6. The van der Waals surface area contributed by atoms with Crippen LogP contribution in [-0.4, -0.2) is 67.2 Å². The van der Waals surface area contributed by atoms with Crippen LogP contribution in [0.1, 0.15) is 44.1 Å². The quantitative estimate of drug-likeness (QED) is 0.374. The highest BCUT2D eigenvalue weighted by Crippen LogP contribution is 2.48. The largest absolute Gasteiger partial charge is 0.490 e. The molecule has 0 radical (unpaired) electrons. The zero-order chi connectivity index (χ0) is 27.8. The van der Waals surface area contributed by atoms with Gasteiger partial charge in [0.1, 0.15) is 11.9 Å². The number of benzene rings is 1. The summed E-state index contributed by atoms with van der Waals surface area (Å²) in [5.74, 6) is 0.340. The molecule has 1 aromatic carbocycles. The van der Waals surface area contributed by atoms with Gasteiger partial charge in [-0.3, -0.25) is 14.5 Å². The lowest BCUT2D eigenvalue weighted by molar-refractivity contribution is -0.119. The molecule has 0 aromatic heterocycles. The first-order valence-corrected chi connectivity index (χ1v) is 15.1. The summed E-state index contributed by atoms with van der Waals surface area (Å²) in [6, 6.07) is 5.35. The van der Waals surface area contributed by atoms with E-state index >= 15 is 0 Å². The number of nitrogens with zero attached hydrogens (tertiary/aromatic N) is 1. The lowest BCUT2D eigenvalue weighted by Crippen LogP contribution is -2.62. The molecule has 4 heterocycles. The molecular formula is C29H37N5O5S. The molecule has 3 saturated heterocycles. The maximum atomic E-state index is 13.6. The molecule has 1 aliphatic carbocycles. The lowest BCUT2D eigenvalue weighted by atomic mass is 9.86. The molecule has 214 valence electrons. The Morgan fingerprint density at radius 3 is 2.67 bits per heavy atom. The maximum absolute atomic E-state index is 13.6. The molecule has 5 aliphatic rings. The zero-order valence-electron chi connectivity index (χ0n) is 22.7. The van der Waals surface area contributed by atoms with E-state index in [0.29, 0.717) is 10.6 Å². The summed E-state index contributed by atoms with van der Waals surface area (Å²) in [4.78, 5) is 41.4. The highest BCUT2D eigenvalue weighted by atomic mass is 32.2. The van der Waals surface area contributed by atoms with Crippen molar-refractivity contribution in [3.05, 3.63) is 47.0 Å². The van der Waals surface area contributed by atoms with Crippen LogP contribution in [0.2, 0.25) is 0 Å². The number of nitrogens with one attached hydrogen (secondary N) is 4. The van der Waals surface area contributed by atoms with Gasteiger partial charge in [-0.05, 0) is 69.0 Å². The Kier molecular flexibility index (Phi) is 7.78. The molecule has 1 saturated carbocycles. The Balaban J connectivity index is 1.20. The lowest BCUT2D eigenvalue weighted by Gasteiger charge is -2.46. The van der Waals surface area contributed by atoms with Crippen molar-refractivity contribution in [2.24, 2.45) is 5.92 Å². The number of thioether (sulfide) groups is 1. The van der Waals surface area contributed by atoms with E-state index in [2.05, 4.69) is 27.8 Å². The van der Waals surface area contributed by atoms with E-state index in [-0.39, 0.29) is 53.4 Å². The van der Waals surface area contributed by atoms with Crippen LogP contribution in [0.5, 0.6) is 5.75 Å². The number of rotatable bonds is 7. The molecule has 10 nitrogen and oxygen atoms in total. The molecule has 40 heavy (non-hydrogen) atoms. The SMILES string of the molecule is C=CC(=O)N[C@H]1CCC[C@H]1NC(=O)C1=C2NC(=O)N(c3ccc(OC4CCOCC4)cc3C)C3CCNC(S1)C23. The summed E-state index contributed by atoms with van der Waals surface area (Å²) in [5, 5.41) is 12.7. The average molecular weight is 568 g/mol. The number of hydrogen-bond donors (Lipinski definition) is 4. The number of aryl methyl sites for hydroxylation is 1. The van der Waals surface area contributed by atoms with Crippen molar-refractivity contribution in [3.8, 4) is 5.75 Å². The molecule has 11 heteroatoms. The minimum absolute atomic E-state index is 0.00567. The fraction of sp³-hybridized carbons (Fsp3) is 0.552. The number of urea groups is 1. The minimum Gasteiger partial charge on any atom is -0.490 e. The van der Waals surface area contributed by atoms with Crippen LogP contribution < -0.4 is 30.9 Å². The molecule has 4 N–H and O–H groups in total. The van der Waals surface area contributed by atoms with Crippen LogP contribution in [0.15, 0.2) is 41.5 Å². The zero-order valence-corrected chi connectivity index (χ0v) is 23.6. The van der Waals surface area contributed by atoms with Gasteiger partial charge in [0.15, 0.2) is 0 Å². The van der Waals surface area contributed by atoms with Gasteiger partial charge < -0.3 is 30.7 Å². The van der Waals surface area contributed by atoms with Gasteiger partial charge in [0, 0.05) is 42.2 Å². The summed E-state index contributed by atoms with van der Waals surface area (Å²) in [7, 11) is 0.